The van der Waals surface area contributed by atoms with Gasteiger partial charge in [0.25, 0.3) is 0 Å². The van der Waals surface area contributed by atoms with Crippen molar-refractivity contribution in [2.75, 3.05) is 5.32 Å². The SMILES string of the molecule is O=C1Cc2ccc(B(O)O)cc2N1. The van der Waals surface area contributed by atoms with Gasteiger partial charge in [0, 0.05) is 5.69 Å². The Morgan fingerprint density at radius 3 is 2.85 bits per heavy atom. The first-order chi connectivity index (χ1) is 6.16. The molecule has 0 bridgehead atoms. The molecule has 1 aromatic carbocycles. The Morgan fingerprint density at radius 1 is 1.38 bits per heavy atom. The van der Waals surface area contributed by atoms with Gasteiger partial charge in [0.05, 0.1) is 6.42 Å². The molecule has 1 aliphatic rings. The van der Waals surface area contributed by atoms with Crippen molar-refractivity contribution >= 4 is 24.2 Å². The maximum atomic E-state index is 10.9. The molecule has 1 amide bonds. The Balaban J connectivity index is 2.40. The van der Waals surface area contributed by atoms with E-state index in [0.717, 1.165) is 5.56 Å². The molecule has 0 radical (unpaired) electrons. The molecule has 0 aromatic heterocycles. The molecule has 2 rings (SSSR count). The van der Waals surface area contributed by atoms with E-state index in [0.29, 0.717) is 17.6 Å². The van der Waals surface area contributed by atoms with Gasteiger partial charge in [0.15, 0.2) is 0 Å². The molecule has 1 aliphatic heterocycles. The summed E-state index contributed by atoms with van der Waals surface area (Å²) < 4.78 is 0. The summed E-state index contributed by atoms with van der Waals surface area (Å²) in [6, 6.07) is 4.90. The minimum atomic E-state index is -1.48. The van der Waals surface area contributed by atoms with Gasteiger partial charge < -0.3 is 15.4 Å². The van der Waals surface area contributed by atoms with Gasteiger partial charge in [0.2, 0.25) is 5.91 Å². The van der Waals surface area contributed by atoms with Crippen molar-refractivity contribution in [1.82, 2.24) is 0 Å². The average molecular weight is 177 g/mol. The Hall–Kier alpha value is -1.33. The molecule has 66 valence electrons. The average Bonchev–Trinajstić information content (AvgIpc) is 2.42. The van der Waals surface area contributed by atoms with E-state index in [4.69, 9.17) is 10.0 Å². The number of amides is 1. The van der Waals surface area contributed by atoms with Crippen molar-refractivity contribution in [2.45, 2.75) is 6.42 Å². The summed E-state index contributed by atoms with van der Waals surface area (Å²) in [6.45, 7) is 0. The number of nitrogens with one attached hydrogen (secondary N) is 1. The quantitative estimate of drug-likeness (QED) is 0.475. The molecule has 4 nitrogen and oxygen atoms in total. The molecule has 3 N–H and O–H groups in total. The molecule has 1 aromatic rings. The number of hydrogen-bond donors (Lipinski definition) is 3. The number of benzene rings is 1. The van der Waals surface area contributed by atoms with Crippen molar-refractivity contribution < 1.29 is 14.8 Å². The van der Waals surface area contributed by atoms with Gasteiger partial charge in [-0.25, -0.2) is 0 Å². The molecule has 13 heavy (non-hydrogen) atoms. The van der Waals surface area contributed by atoms with E-state index in [1.54, 1.807) is 18.2 Å². The number of anilines is 1. The summed E-state index contributed by atoms with van der Waals surface area (Å²) in [5.74, 6) is -0.0559. The van der Waals surface area contributed by atoms with Gasteiger partial charge in [-0.2, -0.15) is 0 Å². The fourth-order valence-electron chi connectivity index (χ4n) is 1.39. The van der Waals surface area contributed by atoms with Crippen molar-refractivity contribution in [3.8, 4) is 0 Å². The van der Waals surface area contributed by atoms with Gasteiger partial charge in [-0.1, -0.05) is 12.1 Å². The van der Waals surface area contributed by atoms with Crippen LogP contribution >= 0.6 is 0 Å². The Bertz CT molecular complexity index is 364. The highest BCUT2D eigenvalue weighted by molar-refractivity contribution is 6.58. The zero-order valence-corrected chi connectivity index (χ0v) is 6.82. The first-order valence-corrected chi connectivity index (χ1v) is 3.95. The van der Waals surface area contributed by atoms with Gasteiger partial charge in [-0.15, -0.1) is 0 Å². The Labute approximate surface area is 75.3 Å². The van der Waals surface area contributed by atoms with Crippen LogP contribution < -0.4 is 10.8 Å². The zero-order valence-electron chi connectivity index (χ0n) is 6.82. The lowest BCUT2D eigenvalue weighted by atomic mass is 9.80. The predicted octanol–water partition coefficient (Wildman–Crippen LogP) is -1.14. The van der Waals surface area contributed by atoms with Crippen molar-refractivity contribution in [2.24, 2.45) is 0 Å². The lowest BCUT2D eigenvalue weighted by Gasteiger charge is -2.02. The molecule has 0 saturated heterocycles. The van der Waals surface area contributed by atoms with E-state index in [-0.39, 0.29) is 5.91 Å². The zero-order chi connectivity index (χ0) is 9.42. The third kappa shape index (κ3) is 1.43. The van der Waals surface area contributed by atoms with Crippen molar-refractivity contribution in [1.29, 1.82) is 0 Å². The van der Waals surface area contributed by atoms with Crippen LogP contribution in [0.15, 0.2) is 18.2 Å². The summed E-state index contributed by atoms with van der Waals surface area (Å²) in [5.41, 5.74) is 1.96. The first-order valence-electron chi connectivity index (χ1n) is 3.95. The van der Waals surface area contributed by atoms with E-state index < -0.39 is 7.12 Å². The van der Waals surface area contributed by atoms with Gasteiger partial charge in [-0.3, -0.25) is 4.79 Å². The molecule has 0 fully saturated rings. The second kappa shape index (κ2) is 2.87. The number of hydrogen-bond acceptors (Lipinski definition) is 3. The molecule has 0 unspecified atom stereocenters. The molecule has 1 heterocycles. The van der Waals surface area contributed by atoms with E-state index in [1.807, 2.05) is 0 Å². The molecule has 0 spiro atoms. The molecule has 0 aliphatic carbocycles. The fraction of sp³-hybridized carbons (Fsp3) is 0.125. The van der Waals surface area contributed by atoms with Crippen LogP contribution in [0.3, 0.4) is 0 Å². The number of fused-ring (bicyclic) bond motifs is 1. The maximum Gasteiger partial charge on any atom is 0.488 e. The van der Waals surface area contributed by atoms with E-state index in [1.165, 1.54) is 0 Å². The topological polar surface area (TPSA) is 69.6 Å². The van der Waals surface area contributed by atoms with Crippen LogP contribution in [0.4, 0.5) is 5.69 Å². The van der Waals surface area contributed by atoms with Gasteiger partial charge in [-0.05, 0) is 17.1 Å². The molecular weight excluding hydrogens is 169 g/mol. The summed E-state index contributed by atoms with van der Waals surface area (Å²) in [4.78, 5) is 10.9. The number of rotatable bonds is 1. The van der Waals surface area contributed by atoms with E-state index in [9.17, 15) is 4.79 Å². The maximum absolute atomic E-state index is 10.9. The predicted molar refractivity (Wildman–Crippen MR) is 48.6 cm³/mol. The molecule has 5 heteroatoms. The van der Waals surface area contributed by atoms with Crippen molar-refractivity contribution in [3.63, 3.8) is 0 Å². The summed E-state index contributed by atoms with van der Waals surface area (Å²) in [6.07, 6.45) is 0.372. The highest BCUT2D eigenvalue weighted by Gasteiger charge is 2.20. The van der Waals surface area contributed by atoms with Crippen LogP contribution in [0, 0.1) is 0 Å². The Morgan fingerprint density at radius 2 is 2.15 bits per heavy atom. The lowest BCUT2D eigenvalue weighted by Crippen LogP contribution is -2.29. The smallest absolute Gasteiger partial charge is 0.423 e. The van der Waals surface area contributed by atoms with Crippen LogP contribution in [0.5, 0.6) is 0 Å². The summed E-state index contributed by atoms with van der Waals surface area (Å²) in [5, 5.41) is 20.4. The van der Waals surface area contributed by atoms with Crippen LogP contribution in [-0.2, 0) is 11.2 Å². The summed E-state index contributed by atoms with van der Waals surface area (Å²) >= 11 is 0. The number of carbonyl (C=O) groups excluding carboxylic acids is 1. The van der Waals surface area contributed by atoms with Gasteiger partial charge in [0.1, 0.15) is 0 Å². The monoisotopic (exact) mass is 177 g/mol. The van der Waals surface area contributed by atoms with Crippen molar-refractivity contribution in [3.05, 3.63) is 23.8 Å². The third-order valence-electron chi connectivity index (χ3n) is 2.06. The minimum Gasteiger partial charge on any atom is -0.423 e. The van der Waals surface area contributed by atoms with Crippen LogP contribution in [0.2, 0.25) is 0 Å². The van der Waals surface area contributed by atoms with E-state index in [2.05, 4.69) is 5.32 Å². The molecule has 0 atom stereocenters. The number of carbonyl (C=O) groups is 1. The fourth-order valence-corrected chi connectivity index (χ4v) is 1.39. The largest absolute Gasteiger partial charge is 0.488 e. The summed E-state index contributed by atoms with van der Waals surface area (Å²) in [7, 11) is -1.48. The van der Waals surface area contributed by atoms with E-state index >= 15 is 0 Å². The van der Waals surface area contributed by atoms with Crippen LogP contribution in [-0.4, -0.2) is 23.1 Å². The van der Waals surface area contributed by atoms with Crippen LogP contribution in [0.25, 0.3) is 0 Å². The first kappa shape index (κ1) is 8.28. The van der Waals surface area contributed by atoms with Gasteiger partial charge >= 0.3 is 7.12 Å². The second-order valence-electron chi connectivity index (χ2n) is 3.02. The standard InChI is InChI=1S/C8H8BNO3/c11-8-3-5-1-2-6(9(12)13)4-7(5)10-8/h1-2,4,12-13H,3H2,(H,10,11). The highest BCUT2D eigenvalue weighted by Crippen LogP contribution is 2.20. The highest BCUT2D eigenvalue weighted by atomic mass is 16.4. The molecular formula is C8H8BNO3. The van der Waals surface area contributed by atoms with Crippen LogP contribution in [0.1, 0.15) is 5.56 Å². The third-order valence-corrected chi connectivity index (χ3v) is 2.06. The normalized spacial score (nSPS) is 13.8. The second-order valence-corrected chi connectivity index (χ2v) is 3.02. The molecule has 0 saturated carbocycles. The Kier molecular flexibility index (Phi) is 1.83. The lowest BCUT2D eigenvalue weighted by molar-refractivity contribution is -0.115. The minimum absolute atomic E-state index is 0.0559.